The average Bonchev–Trinajstić information content (AvgIpc) is 2.54. The standard InChI is InChI=1S/C10H13NO4S2/c1-3-6(9(14)15)16-10-11-5(2)7(17-10)4-8(12)13/h6H,3-4H2,1-2H3,(H,12,13)(H,14,15). The summed E-state index contributed by atoms with van der Waals surface area (Å²) in [5, 5.41) is 17.1. The average molecular weight is 275 g/mol. The number of thiazole rings is 1. The monoisotopic (exact) mass is 275 g/mol. The molecule has 0 radical (unpaired) electrons. The van der Waals surface area contributed by atoms with Gasteiger partial charge in [-0.15, -0.1) is 11.3 Å². The van der Waals surface area contributed by atoms with Gasteiger partial charge in [-0.2, -0.15) is 0 Å². The van der Waals surface area contributed by atoms with E-state index in [2.05, 4.69) is 4.98 Å². The van der Waals surface area contributed by atoms with Crippen molar-refractivity contribution in [2.75, 3.05) is 0 Å². The van der Waals surface area contributed by atoms with Crippen LogP contribution in [0, 0.1) is 6.92 Å². The highest BCUT2D eigenvalue weighted by atomic mass is 32.2. The molecule has 0 fully saturated rings. The number of hydrogen-bond acceptors (Lipinski definition) is 5. The summed E-state index contributed by atoms with van der Waals surface area (Å²) in [7, 11) is 0. The number of rotatable bonds is 6. The molecule has 0 amide bonds. The summed E-state index contributed by atoms with van der Waals surface area (Å²) in [6, 6.07) is 0. The lowest BCUT2D eigenvalue weighted by Gasteiger charge is -2.05. The minimum Gasteiger partial charge on any atom is -0.481 e. The van der Waals surface area contributed by atoms with Crippen LogP contribution in [0.3, 0.4) is 0 Å². The molecule has 1 aromatic heterocycles. The molecule has 0 saturated heterocycles. The Balaban J connectivity index is 2.79. The van der Waals surface area contributed by atoms with E-state index in [0.717, 1.165) is 0 Å². The summed E-state index contributed by atoms with van der Waals surface area (Å²) in [4.78, 5) is 26.3. The predicted octanol–water partition coefficient (Wildman–Crippen LogP) is 2.03. The number of nitrogens with zero attached hydrogens (tertiary/aromatic N) is 1. The van der Waals surface area contributed by atoms with Crippen LogP contribution < -0.4 is 0 Å². The molecule has 1 unspecified atom stereocenters. The van der Waals surface area contributed by atoms with Crippen molar-refractivity contribution in [2.45, 2.75) is 36.3 Å². The van der Waals surface area contributed by atoms with E-state index in [9.17, 15) is 9.59 Å². The number of aliphatic carboxylic acids is 2. The van der Waals surface area contributed by atoms with Crippen LogP contribution in [0.1, 0.15) is 23.9 Å². The highest BCUT2D eigenvalue weighted by Gasteiger charge is 2.20. The summed E-state index contributed by atoms with van der Waals surface area (Å²) in [6.07, 6.45) is 0.445. The van der Waals surface area contributed by atoms with Crippen LogP contribution in [-0.2, 0) is 16.0 Å². The maximum Gasteiger partial charge on any atom is 0.317 e. The summed E-state index contributed by atoms with van der Waals surface area (Å²) in [6.45, 7) is 3.53. The third-order valence-electron chi connectivity index (χ3n) is 2.07. The number of aryl methyl sites for hydroxylation is 1. The van der Waals surface area contributed by atoms with E-state index in [0.29, 0.717) is 21.3 Å². The molecule has 7 heteroatoms. The highest BCUT2D eigenvalue weighted by Crippen LogP contribution is 2.31. The van der Waals surface area contributed by atoms with Crippen LogP contribution in [-0.4, -0.2) is 32.4 Å². The van der Waals surface area contributed by atoms with Crippen molar-refractivity contribution in [1.82, 2.24) is 4.98 Å². The van der Waals surface area contributed by atoms with Gasteiger partial charge in [0.05, 0.1) is 12.1 Å². The molecule has 1 atom stereocenters. The van der Waals surface area contributed by atoms with Crippen LogP contribution in [0.25, 0.3) is 0 Å². The Kier molecular flexibility index (Phi) is 4.95. The van der Waals surface area contributed by atoms with Crippen molar-refractivity contribution < 1.29 is 19.8 Å². The lowest BCUT2D eigenvalue weighted by molar-refractivity contribution is -0.137. The smallest absolute Gasteiger partial charge is 0.317 e. The van der Waals surface area contributed by atoms with E-state index in [4.69, 9.17) is 10.2 Å². The molecule has 0 aliphatic heterocycles. The summed E-state index contributed by atoms with van der Waals surface area (Å²) >= 11 is 2.43. The Morgan fingerprint density at radius 2 is 2.12 bits per heavy atom. The zero-order chi connectivity index (χ0) is 13.0. The quantitative estimate of drug-likeness (QED) is 0.772. The van der Waals surface area contributed by atoms with E-state index in [1.165, 1.54) is 23.1 Å². The van der Waals surface area contributed by atoms with Gasteiger partial charge in [-0.3, -0.25) is 9.59 Å². The maximum atomic E-state index is 10.9. The molecule has 1 rings (SSSR count). The number of carboxylic acid groups (broad SMARTS) is 2. The van der Waals surface area contributed by atoms with Gasteiger partial charge in [-0.25, -0.2) is 4.98 Å². The SMILES string of the molecule is CCC(Sc1nc(C)c(CC(=O)O)s1)C(=O)O. The predicted molar refractivity (Wildman–Crippen MR) is 65.8 cm³/mol. The van der Waals surface area contributed by atoms with Gasteiger partial charge < -0.3 is 10.2 Å². The van der Waals surface area contributed by atoms with Gasteiger partial charge in [-0.05, 0) is 13.3 Å². The van der Waals surface area contributed by atoms with Crippen molar-refractivity contribution in [2.24, 2.45) is 0 Å². The fraction of sp³-hybridized carbons (Fsp3) is 0.500. The molecule has 0 bridgehead atoms. The van der Waals surface area contributed by atoms with Crippen molar-refractivity contribution in [3.05, 3.63) is 10.6 Å². The van der Waals surface area contributed by atoms with Gasteiger partial charge in [-0.1, -0.05) is 18.7 Å². The molecular formula is C10H13NO4S2. The van der Waals surface area contributed by atoms with Crippen molar-refractivity contribution in [3.8, 4) is 0 Å². The van der Waals surface area contributed by atoms with Crippen molar-refractivity contribution in [1.29, 1.82) is 0 Å². The second-order valence-corrected chi connectivity index (χ2v) is 5.95. The maximum absolute atomic E-state index is 10.9. The Hall–Kier alpha value is -1.08. The zero-order valence-electron chi connectivity index (χ0n) is 9.47. The summed E-state index contributed by atoms with van der Waals surface area (Å²) in [5.41, 5.74) is 0.667. The Bertz CT molecular complexity index is 430. The minimum atomic E-state index is -0.904. The van der Waals surface area contributed by atoms with Crippen LogP contribution >= 0.6 is 23.1 Å². The highest BCUT2D eigenvalue weighted by molar-refractivity contribution is 8.02. The molecule has 1 heterocycles. The van der Waals surface area contributed by atoms with Gasteiger partial charge in [0.25, 0.3) is 0 Å². The fourth-order valence-electron chi connectivity index (χ4n) is 1.18. The minimum absolute atomic E-state index is 0.0616. The number of thioether (sulfide) groups is 1. The van der Waals surface area contributed by atoms with Crippen LogP contribution in [0.4, 0.5) is 0 Å². The Morgan fingerprint density at radius 1 is 1.47 bits per heavy atom. The first-order valence-electron chi connectivity index (χ1n) is 5.01. The first-order chi connectivity index (χ1) is 7.93. The molecule has 0 spiro atoms. The normalized spacial score (nSPS) is 12.4. The van der Waals surface area contributed by atoms with E-state index in [-0.39, 0.29) is 6.42 Å². The molecule has 2 N–H and O–H groups in total. The molecule has 0 aliphatic carbocycles. The Labute approximate surface area is 107 Å². The largest absolute Gasteiger partial charge is 0.481 e. The first-order valence-corrected chi connectivity index (χ1v) is 6.71. The Morgan fingerprint density at radius 3 is 2.59 bits per heavy atom. The first kappa shape index (κ1) is 14.0. The van der Waals surface area contributed by atoms with Gasteiger partial charge in [0.1, 0.15) is 5.25 Å². The second-order valence-electron chi connectivity index (χ2n) is 3.41. The second kappa shape index (κ2) is 6.02. The van der Waals surface area contributed by atoms with Crippen LogP contribution in [0.15, 0.2) is 4.34 Å². The van der Waals surface area contributed by atoms with E-state index >= 15 is 0 Å². The number of carbonyl (C=O) groups is 2. The third-order valence-corrected chi connectivity index (χ3v) is 4.68. The molecule has 0 aromatic carbocycles. The topological polar surface area (TPSA) is 87.5 Å². The van der Waals surface area contributed by atoms with Gasteiger partial charge in [0.2, 0.25) is 0 Å². The number of carboxylic acids is 2. The van der Waals surface area contributed by atoms with Crippen molar-refractivity contribution in [3.63, 3.8) is 0 Å². The molecule has 1 aromatic rings. The lowest BCUT2D eigenvalue weighted by Crippen LogP contribution is -2.14. The van der Waals surface area contributed by atoms with Crippen molar-refractivity contribution >= 4 is 35.0 Å². The summed E-state index contributed by atoms with van der Waals surface area (Å²) in [5.74, 6) is -1.77. The zero-order valence-corrected chi connectivity index (χ0v) is 11.1. The van der Waals surface area contributed by atoms with E-state index in [1.807, 2.05) is 0 Å². The van der Waals surface area contributed by atoms with Crippen LogP contribution in [0.5, 0.6) is 0 Å². The molecule has 94 valence electrons. The number of aromatic nitrogens is 1. The molecule has 5 nitrogen and oxygen atoms in total. The van der Waals surface area contributed by atoms with Gasteiger partial charge in [0.15, 0.2) is 4.34 Å². The summed E-state index contributed by atoms with van der Waals surface area (Å²) < 4.78 is 0.619. The molecular weight excluding hydrogens is 262 g/mol. The molecule has 0 saturated carbocycles. The van der Waals surface area contributed by atoms with Gasteiger partial charge in [0, 0.05) is 4.88 Å². The van der Waals surface area contributed by atoms with Gasteiger partial charge >= 0.3 is 11.9 Å². The van der Waals surface area contributed by atoms with Crippen LogP contribution in [0.2, 0.25) is 0 Å². The van der Waals surface area contributed by atoms with E-state index < -0.39 is 17.2 Å². The number of hydrogen-bond donors (Lipinski definition) is 2. The fourth-order valence-corrected chi connectivity index (χ4v) is 3.51. The van der Waals surface area contributed by atoms with E-state index in [1.54, 1.807) is 13.8 Å². The molecule has 0 aliphatic rings. The lowest BCUT2D eigenvalue weighted by atomic mass is 10.3. The molecule has 17 heavy (non-hydrogen) atoms. The third kappa shape index (κ3) is 4.01.